The molecule has 0 fully saturated rings. The molecule has 1 aromatic heterocycles. The Balaban J connectivity index is 0.000000517. The molecule has 9 nitrogen and oxygen atoms in total. The maximum absolute atomic E-state index is 13.1. The summed E-state index contributed by atoms with van der Waals surface area (Å²) in [6.07, 6.45) is -1.39. The van der Waals surface area contributed by atoms with Crippen molar-refractivity contribution < 1.29 is 33.0 Å². The first-order valence-corrected chi connectivity index (χ1v) is 13.0. The van der Waals surface area contributed by atoms with Crippen LogP contribution in [0.2, 0.25) is 5.02 Å². The molecule has 218 valence electrons. The van der Waals surface area contributed by atoms with Crippen LogP contribution in [0.25, 0.3) is 0 Å². The largest absolute Gasteiger partial charge is 0.490 e. The van der Waals surface area contributed by atoms with E-state index in [0.29, 0.717) is 40.1 Å². The van der Waals surface area contributed by atoms with Crippen LogP contribution in [0, 0.1) is 0 Å². The summed E-state index contributed by atoms with van der Waals surface area (Å²) in [5.41, 5.74) is 6.01. The van der Waals surface area contributed by atoms with Crippen molar-refractivity contribution in [1.82, 2.24) is 9.97 Å². The van der Waals surface area contributed by atoms with E-state index >= 15 is 0 Å². The molecule has 42 heavy (non-hydrogen) atoms. The lowest BCUT2D eigenvalue weighted by atomic mass is 10.0. The van der Waals surface area contributed by atoms with Crippen molar-refractivity contribution in [3.8, 4) is 0 Å². The Kier molecular flexibility index (Phi) is 9.60. The molecule has 4 aromatic rings. The third-order valence-electron chi connectivity index (χ3n) is 6.00. The van der Waals surface area contributed by atoms with Crippen molar-refractivity contribution in [2.24, 2.45) is 0 Å². The second kappa shape index (κ2) is 13.3. The molecule has 3 aromatic carbocycles. The first-order valence-electron chi connectivity index (χ1n) is 12.6. The molecule has 5 N–H and O–H groups in total. The van der Waals surface area contributed by atoms with Crippen LogP contribution in [0.15, 0.2) is 72.9 Å². The van der Waals surface area contributed by atoms with E-state index in [4.69, 9.17) is 26.6 Å². The van der Waals surface area contributed by atoms with Crippen molar-refractivity contribution in [1.29, 1.82) is 0 Å². The van der Waals surface area contributed by atoms with E-state index in [0.717, 1.165) is 35.2 Å². The number of anilines is 5. The maximum Gasteiger partial charge on any atom is 0.490 e. The SMILES string of the molecule is O=C(Nc1ccc(CCO)cc1)c1cc2cc(c1)Nc1nc(ncc1Cl)Nc1cccc(c1)CC2.O=C(O)C(F)(F)F. The van der Waals surface area contributed by atoms with Gasteiger partial charge in [0.15, 0.2) is 5.82 Å². The number of carboxylic acids is 1. The van der Waals surface area contributed by atoms with Crippen molar-refractivity contribution in [3.05, 3.63) is 100 Å². The van der Waals surface area contributed by atoms with E-state index in [1.807, 2.05) is 48.5 Å². The average molecular weight is 600 g/mol. The molecule has 1 amide bonds. The van der Waals surface area contributed by atoms with E-state index in [1.165, 1.54) is 0 Å². The Morgan fingerprint density at radius 3 is 2.33 bits per heavy atom. The minimum absolute atomic E-state index is 0.0898. The van der Waals surface area contributed by atoms with Crippen molar-refractivity contribution in [2.75, 3.05) is 22.6 Å². The number of aliphatic carboxylic acids is 1. The molecule has 0 spiro atoms. The number of halogens is 4. The van der Waals surface area contributed by atoms with Gasteiger partial charge >= 0.3 is 12.1 Å². The number of nitrogens with zero attached hydrogens (tertiary/aromatic N) is 2. The summed E-state index contributed by atoms with van der Waals surface area (Å²) in [4.78, 5) is 30.8. The van der Waals surface area contributed by atoms with Crippen molar-refractivity contribution in [3.63, 3.8) is 0 Å². The highest BCUT2D eigenvalue weighted by atomic mass is 35.5. The molecular weight excluding hydrogens is 575 g/mol. The number of aryl methyl sites for hydroxylation is 2. The van der Waals surface area contributed by atoms with Gasteiger partial charge in [-0.25, -0.2) is 9.78 Å². The molecule has 1 aliphatic rings. The predicted octanol–water partition coefficient (Wildman–Crippen LogP) is 6.14. The van der Waals surface area contributed by atoms with Gasteiger partial charge in [0.05, 0.1) is 6.20 Å². The van der Waals surface area contributed by atoms with E-state index in [1.54, 1.807) is 12.3 Å². The van der Waals surface area contributed by atoms with E-state index < -0.39 is 12.1 Å². The first kappa shape index (κ1) is 30.3. The number of carboxylic acid groups (broad SMARTS) is 1. The van der Waals surface area contributed by atoms with Gasteiger partial charge in [-0.2, -0.15) is 18.2 Å². The monoisotopic (exact) mass is 599 g/mol. The Morgan fingerprint density at radius 1 is 0.952 bits per heavy atom. The van der Waals surface area contributed by atoms with Crippen LogP contribution >= 0.6 is 11.6 Å². The summed E-state index contributed by atoms with van der Waals surface area (Å²) in [7, 11) is 0. The van der Waals surface area contributed by atoms with Gasteiger partial charge in [-0.05, 0) is 78.4 Å². The number of aliphatic hydroxyl groups excluding tert-OH is 1. The van der Waals surface area contributed by atoms with Gasteiger partial charge in [-0.1, -0.05) is 35.9 Å². The second-order valence-electron chi connectivity index (χ2n) is 9.19. The second-order valence-corrected chi connectivity index (χ2v) is 9.59. The molecular formula is C29H25ClF3N5O4. The number of carbonyl (C=O) groups excluding carboxylic acids is 1. The van der Waals surface area contributed by atoms with Crippen molar-refractivity contribution >= 4 is 52.3 Å². The molecule has 13 heteroatoms. The Labute approximate surface area is 243 Å². The zero-order chi connectivity index (χ0) is 30.3. The number of amides is 1. The molecule has 0 unspecified atom stereocenters. The lowest BCUT2D eigenvalue weighted by Gasteiger charge is -2.13. The zero-order valence-corrected chi connectivity index (χ0v) is 22.6. The molecule has 2 heterocycles. The smallest absolute Gasteiger partial charge is 0.475 e. The summed E-state index contributed by atoms with van der Waals surface area (Å²) in [5.74, 6) is -2.10. The standard InChI is InChI=1S/C27H24ClN5O2.C2HF3O2/c28-24-16-29-27-32-22-3-1-2-18(13-22)4-5-19-12-20(15-23(14-19)30-25(24)33-27)26(35)31-21-8-6-17(7-9-21)10-11-34;3-2(4,5)1(6)7/h1-3,6-9,12-16,34H,4-5,10-11H2,(H,31,35)(H2,29,30,32,33);(H,6,7). The number of rotatable bonds is 4. The van der Waals surface area contributed by atoms with Crippen molar-refractivity contribution in [2.45, 2.75) is 25.4 Å². The summed E-state index contributed by atoms with van der Waals surface area (Å²) in [6.45, 7) is 0.0898. The number of aliphatic hydroxyl groups is 1. The van der Waals surface area contributed by atoms with Gasteiger partial charge in [0, 0.05) is 29.2 Å². The maximum atomic E-state index is 13.1. The molecule has 5 rings (SSSR count). The third kappa shape index (κ3) is 8.41. The van der Waals surface area contributed by atoms with Gasteiger partial charge in [0.1, 0.15) is 5.02 Å². The molecule has 0 aliphatic carbocycles. The number of aromatic nitrogens is 2. The number of alkyl halides is 3. The molecule has 0 saturated heterocycles. The van der Waals surface area contributed by atoms with Gasteiger partial charge in [-0.15, -0.1) is 0 Å². The molecule has 1 aliphatic heterocycles. The average Bonchev–Trinajstić information content (AvgIpc) is 2.95. The van der Waals surface area contributed by atoms with Crippen LogP contribution in [-0.4, -0.2) is 44.8 Å². The van der Waals surface area contributed by atoms with Crippen LogP contribution < -0.4 is 16.0 Å². The van der Waals surface area contributed by atoms with Crippen LogP contribution in [0.3, 0.4) is 0 Å². The predicted molar refractivity (Wildman–Crippen MR) is 153 cm³/mol. The fourth-order valence-corrected chi connectivity index (χ4v) is 4.14. The fourth-order valence-electron chi connectivity index (χ4n) is 4.00. The van der Waals surface area contributed by atoms with Crippen LogP contribution in [0.1, 0.15) is 27.0 Å². The quantitative estimate of drug-likeness (QED) is 0.189. The van der Waals surface area contributed by atoms with Gasteiger partial charge in [-0.3, -0.25) is 4.79 Å². The van der Waals surface area contributed by atoms with Gasteiger partial charge in [0.25, 0.3) is 5.91 Å². The van der Waals surface area contributed by atoms with Crippen LogP contribution in [0.4, 0.5) is 42.0 Å². The normalized spacial score (nSPS) is 12.1. The number of hydrogen-bond donors (Lipinski definition) is 5. The molecule has 0 saturated carbocycles. The van der Waals surface area contributed by atoms with Crippen LogP contribution in [-0.2, 0) is 24.1 Å². The minimum atomic E-state index is -5.08. The molecule has 0 atom stereocenters. The van der Waals surface area contributed by atoms with E-state index in [9.17, 15) is 18.0 Å². The number of hydrogen-bond acceptors (Lipinski definition) is 7. The van der Waals surface area contributed by atoms with Gasteiger partial charge < -0.3 is 26.2 Å². The summed E-state index contributed by atoms with van der Waals surface area (Å²) in [5, 5.41) is 26.0. The number of nitrogens with one attached hydrogen (secondary N) is 3. The number of fused-ring (bicyclic) bond motifs is 6. The summed E-state index contributed by atoms with van der Waals surface area (Å²) >= 11 is 6.37. The molecule has 0 radical (unpaired) electrons. The summed E-state index contributed by atoms with van der Waals surface area (Å²) in [6, 6.07) is 21.3. The highest BCUT2D eigenvalue weighted by molar-refractivity contribution is 6.32. The number of benzene rings is 3. The van der Waals surface area contributed by atoms with E-state index in [-0.39, 0.29) is 12.5 Å². The van der Waals surface area contributed by atoms with Gasteiger partial charge in [0.2, 0.25) is 5.95 Å². The minimum Gasteiger partial charge on any atom is -0.475 e. The Morgan fingerprint density at radius 2 is 1.64 bits per heavy atom. The topological polar surface area (TPSA) is 136 Å². The number of carbonyl (C=O) groups is 2. The third-order valence-corrected chi connectivity index (χ3v) is 6.28. The van der Waals surface area contributed by atoms with E-state index in [2.05, 4.69) is 38.1 Å². The molecule has 6 bridgehead atoms. The Hall–Kier alpha value is -4.68. The lowest BCUT2D eigenvalue weighted by Crippen LogP contribution is -2.21. The fraction of sp³-hybridized carbons (Fsp3) is 0.172. The first-order chi connectivity index (χ1) is 20.0. The highest BCUT2D eigenvalue weighted by Crippen LogP contribution is 2.28. The zero-order valence-electron chi connectivity index (χ0n) is 21.9. The lowest BCUT2D eigenvalue weighted by molar-refractivity contribution is -0.192. The summed E-state index contributed by atoms with van der Waals surface area (Å²) < 4.78 is 31.7. The highest BCUT2D eigenvalue weighted by Gasteiger charge is 2.38. The Bertz CT molecular complexity index is 1580. The van der Waals surface area contributed by atoms with Crippen LogP contribution in [0.5, 0.6) is 0 Å².